The van der Waals surface area contributed by atoms with Crippen molar-refractivity contribution in [2.45, 2.75) is 19.4 Å². The van der Waals surface area contributed by atoms with Crippen molar-refractivity contribution >= 4 is 0 Å². The average molecular weight is 223 g/mol. The molecule has 0 radical (unpaired) electrons. The highest BCUT2D eigenvalue weighted by Gasteiger charge is 2.05. The fourth-order valence-corrected chi connectivity index (χ4v) is 1.39. The summed E-state index contributed by atoms with van der Waals surface area (Å²) in [5.74, 6) is -0.281. The summed E-state index contributed by atoms with van der Waals surface area (Å²) in [4.78, 5) is 0. The molecule has 0 aliphatic heterocycles. The third kappa shape index (κ3) is 4.55. The number of allylic oxidation sites excluding steroid dienone is 1. The van der Waals surface area contributed by atoms with Gasteiger partial charge in [0.25, 0.3) is 0 Å². The first-order valence-corrected chi connectivity index (χ1v) is 5.49. The molecule has 16 heavy (non-hydrogen) atoms. The van der Waals surface area contributed by atoms with Crippen LogP contribution < -0.4 is 5.32 Å². The van der Waals surface area contributed by atoms with Gasteiger partial charge in [-0.2, -0.15) is 0 Å². The van der Waals surface area contributed by atoms with Crippen molar-refractivity contribution in [1.29, 1.82) is 0 Å². The summed E-state index contributed by atoms with van der Waals surface area (Å²) in [6.07, 6.45) is 4.44. The third-order valence-electron chi connectivity index (χ3n) is 2.32. The first-order valence-electron chi connectivity index (χ1n) is 5.49. The normalized spacial score (nSPS) is 13.2. The quantitative estimate of drug-likeness (QED) is 0.573. The lowest BCUT2D eigenvalue weighted by Crippen LogP contribution is -2.22. The molecule has 0 aliphatic rings. The van der Waals surface area contributed by atoms with E-state index in [-0.39, 0.29) is 5.82 Å². The number of benzene rings is 1. The van der Waals surface area contributed by atoms with Crippen molar-refractivity contribution in [2.24, 2.45) is 0 Å². The monoisotopic (exact) mass is 223 g/mol. The van der Waals surface area contributed by atoms with Crippen molar-refractivity contribution < 1.29 is 9.50 Å². The van der Waals surface area contributed by atoms with Crippen molar-refractivity contribution in [3.8, 4) is 0 Å². The van der Waals surface area contributed by atoms with Gasteiger partial charge in [-0.05, 0) is 37.6 Å². The molecule has 0 fully saturated rings. The molecule has 1 rings (SSSR count). The Labute approximate surface area is 95.8 Å². The van der Waals surface area contributed by atoms with E-state index in [1.165, 1.54) is 12.1 Å². The summed E-state index contributed by atoms with van der Waals surface area (Å²) >= 11 is 0. The molecular weight excluding hydrogens is 205 g/mol. The maximum absolute atomic E-state index is 12.6. The van der Waals surface area contributed by atoms with E-state index in [0.717, 1.165) is 18.5 Å². The first-order chi connectivity index (χ1) is 7.74. The van der Waals surface area contributed by atoms with Gasteiger partial charge in [-0.3, -0.25) is 0 Å². The topological polar surface area (TPSA) is 32.3 Å². The van der Waals surface area contributed by atoms with E-state index >= 15 is 0 Å². The predicted molar refractivity (Wildman–Crippen MR) is 63.7 cm³/mol. The summed E-state index contributed by atoms with van der Waals surface area (Å²) in [6, 6.07) is 5.93. The van der Waals surface area contributed by atoms with Crippen molar-refractivity contribution in [1.82, 2.24) is 5.32 Å². The van der Waals surface area contributed by atoms with Crippen LogP contribution in [0.3, 0.4) is 0 Å². The zero-order valence-electron chi connectivity index (χ0n) is 9.49. The zero-order chi connectivity index (χ0) is 11.8. The molecule has 0 bridgehead atoms. The van der Waals surface area contributed by atoms with Crippen molar-refractivity contribution in [2.75, 3.05) is 13.1 Å². The Kier molecular flexibility index (Phi) is 5.75. The lowest BCUT2D eigenvalue weighted by Gasteiger charge is -2.11. The summed E-state index contributed by atoms with van der Waals surface area (Å²) in [5, 5.41) is 12.9. The molecule has 0 saturated carbocycles. The maximum atomic E-state index is 12.6. The molecule has 1 aromatic rings. The van der Waals surface area contributed by atoms with Crippen molar-refractivity contribution in [3.63, 3.8) is 0 Å². The molecular formula is C13H18FNO. The Bertz CT molecular complexity index is 321. The van der Waals surface area contributed by atoms with Crippen LogP contribution in [0.2, 0.25) is 0 Å². The lowest BCUT2D eigenvalue weighted by atomic mass is 10.1. The maximum Gasteiger partial charge on any atom is 0.123 e. The third-order valence-corrected chi connectivity index (χ3v) is 2.32. The Balaban J connectivity index is 2.29. The number of halogens is 1. The van der Waals surface area contributed by atoms with Crippen LogP contribution in [0.25, 0.3) is 0 Å². The number of aliphatic hydroxyl groups is 1. The van der Waals surface area contributed by atoms with Gasteiger partial charge in [0.05, 0.1) is 6.10 Å². The van der Waals surface area contributed by atoms with E-state index in [2.05, 4.69) is 11.4 Å². The first kappa shape index (κ1) is 12.9. The van der Waals surface area contributed by atoms with Gasteiger partial charge in [0.1, 0.15) is 5.82 Å². The summed E-state index contributed by atoms with van der Waals surface area (Å²) in [7, 11) is 0. The van der Waals surface area contributed by atoms with Gasteiger partial charge >= 0.3 is 0 Å². The van der Waals surface area contributed by atoms with E-state index < -0.39 is 6.10 Å². The number of hydrogen-bond donors (Lipinski definition) is 2. The van der Waals surface area contributed by atoms with Crippen LogP contribution in [0.5, 0.6) is 0 Å². The minimum absolute atomic E-state index is 0.281. The number of aliphatic hydroxyl groups excluding tert-OH is 1. The molecule has 1 atom stereocenters. The van der Waals surface area contributed by atoms with Crippen LogP contribution in [0, 0.1) is 5.82 Å². The Morgan fingerprint density at radius 3 is 2.69 bits per heavy atom. The van der Waals surface area contributed by atoms with Crippen LogP contribution >= 0.6 is 0 Å². The summed E-state index contributed by atoms with van der Waals surface area (Å²) in [6.45, 7) is 3.30. The second kappa shape index (κ2) is 7.14. The fraction of sp³-hybridized carbons (Fsp3) is 0.385. The molecule has 0 amide bonds. The van der Waals surface area contributed by atoms with Gasteiger partial charge in [0.2, 0.25) is 0 Å². The van der Waals surface area contributed by atoms with Gasteiger partial charge in [0, 0.05) is 6.54 Å². The van der Waals surface area contributed by atoms with Crippen LogP contribution in [0.15, 0.2) is 36.4 Å². The molecule has 88 valence electrons. The highest BCUT2D eigenvalue weighted by atomic mass is 19.1. The highest BCUT2D eigenvalue weighted by Crippen LogP contribution is 2.12. The molecule has 0 aromatic heterocycles. The molecule has 1 unspecified atom stereocenters. The smallest absolute Gasteiger partial charge is 0.123 e. The summed E-state index contributed by atoms with van der Waals surface area (Å²) in [5.41, 5.74) is 0.736. The second-order valence-corrected chi connectivity index (χ2v) is 3.63. The predicted octanol–water partition coefficient (Wildman–Crippen LogP) is 2.41. The SMILES string of the molecule is C/C=C/CCNCC(O)c1ccc(F)cc1. The van der Waals surface area contributed by atoms with E-state index in [0.29, 0.717) is 6.54 Å². The minimum Gasteiger partial charge on any atom is -0.387 e. The Morgan fingerprint density at radius 2 is 2.06 bits per heavy atom. The lowest BCUT2D eigenvalue weighted by molar-refractivity contribution is 0.175. The molecule has 2 nitrogen and oxygen atoms in total. The summed E-state index contributed by atoms with van der Waals surface area (Å²) < 4.78 is 12.6. The second-order valence-electron chi connectivity index (χ2n) is 3.63. The van der Waals surface area contributed by atoms with Gasteiger partial charge in [-0.1, -0.05) is 24.3 Å². The average Bonchev–Trinajstić information content (AvgIpc) is 2.29. The van der Waals surface area contributed by atoms with Crippen LogP contribution in [0.1, 0.15) is 25.0 Å². The van der Waals surface area contributed by atoms with Crippen LogP contribution in [0.4, 0.5) is 4.39 Å². The standard InChI is InChI=1S/C13H18FNO/c1-2-3-4-9-15-10-13(16)11-5-7-12(14)8-6-11/h2-3,5-8,13,15-16H,4,9-10H2,1H3/b3-2+. The molecule has 1 aromatic carbocycles. The van der Waals surface area contributed by atoms with Crippen LogP contribution in [-0.2, 0) is 0 Å². The van der Waals surface area contributed by atoms with Gasteiger partial charge in [0.15, 0.2) is 0 Å². The number of nitrogens with one attached hydrogen (secondary N) is 1. The number of rotatable bonds is 6. The number of hydrogen-bond acceptors (Lipinski definition) is 2. The Morgan fingerprint density at radius 1 is 1.38 bits per heavy atom. The Hall–Kier alpha value is -1.19. The molecule has 0 saturated heterocycles. The van der Waals surface area contributed by atoms with E-state index in [9.17, 15) is 9.50 Å². The van der Waals surface area contributed by atoms with Gasteiger partial charge in [-0.25, -0.2) is 4.39 Å². The van der Waals surface area contributed by atoms with E-state index in [1.54, 1.807) is 12.1 Å². The van der Waals surface area contributed by atoms with Gasteiger partial charge < -0.3 is 10.4 Å². The minimum atomic E-state index is -0.578. The molecule has 2 N–H and O–H groups in total. The fourth-order valence-electron chi connectivity index (χ4n) is 1.39. The van der Waals surface area contributed by atoms with Gasteiger partial charge in [-0.15, -0.1) is 0 Å². The highest BCUT2D eigenvalue weighted by molar-refractivity contribution is 5.18. The van der Waals surface area contributed by atoms with E-state index in [1.807, 2.05) is 13.0 Å². The largest absolute Gasteiger partial charge is 0.387 e. The molecule has 3 heteroatoms. The molecule has 0 aliphatic carbocycles. The van der Waals surface area contributed by atoms with E-state index in [4.69, 9.17) is 0 Å². The zero-order valence-corrected chi connectivity index (χ0v) is 9.49. The van der Waals surface area contributed by atoms with Crippen LogP contribution in [-0.4, -0.2) is 18.2 Å². The molecule has 0 spiro atoms. The molecule has 0 heterocycles. The van der Waals surface area contributed by atoms with Crippen molar-refractivity contribution in [3.05, 3.63) is 47.8 Å².